The Bertz CT molecular complexity index is 1170. The van der Waals surface area contributed by atoms with E-state index in [0.29, 0.717) is 26.2 Å². The van der Waals surface area contributed by atoms with Crippen LogP contribution in [-0.2, 0) is 12.8 Å². The minimum Gasteiger partial charge on any atom is -0.335 e. The van der Waals surface area contributed by atoms with E-state index in [2.05, 4.69) is 5.32 Å². The number of benzene rings is 2. The molecule has 0 spiro atoms. The van der Waals surface area contributed by atoms with Gasteiger partial charge in [-0.05, 0) is 55.5 Å². The van der Waals surface area contributed by atoms with Gasteiger partial charge in [-0.15, -0.1) is 0 Å². The Morgan fingerprint density at radius 1 is 0.935 bits per heavy atom. The van der Waals surface area contributed by atoms with Crippen LogP contribution in [0.15, 0.2) is 48.5 Å². The Kier molecular flexibility index (Phi) is 5.06. The summed E-state index contributed by atoms with van der Waals surface area (Å²) in [4.78, 5) is 34.7. The molecule has 6 heteroatoms. The molecule has 1 aliphatic heterocycles. The zero-order valence-electron chi connectivity index (χ0n) is 17.7. The first-order chi connectivity index (χ1) is 15.1. The summed E-state index contributed by atoms with van der Waals surface area (Å²) < 4.78 is 0. The van der Waals surface area contributed by atoms with E-state index in [1.165, 1.54) is 0 Å². The molecule has 1 aromatic heterocycles. The first-order valence-corrected chi connectivity index (χ1v) is 10.9. The minimum absolute atomic E-state index is 0.0653. The van der Waals surface area contributed by atoms with Crippen molar-refractivity contribution < 1.29 is 9.59 Å². The van der Waals surface area contributed by atoms with Crippen LogP contribution in [0.2, 0.25) is 0 Å². The van der Waals surface area contributed by atoms with Crippen LogP contribution in [0, 0.1) is 6.92 Å². The summed E-state index contributed by atoms with van der Waals surface area (Å²) in [6.07, 6.45) is 2.90. The van der Waals surface area contributed by atoms with E-state index in [9.17, 15) is 9.59 Å². The molecule has 3 aromatic rings. The number of para-hydroxylation sites is 1. The number of aromatic nitrogens is 1. The van der Waals surface area contributed by atoms with Crippen molar-refractivity contribution in [1.29, 1.82) is 0 Å². The van der Waals surface area contributed by atoms with E-state index in [4.69, 9.17) is 4.98 Å². The Balaban J connectivity index is 1.31. The molecule has 5 rings (SSSR count). The van der Waals surface area contributed by atoms with E-state index in [1.807, 2.05) is 60.4 Å². The summed E-state index contributed by atoms with van der Waals surface area (Å²) in [6, 6.07) is 15.6. The first kappa shape index (κ1) is 19.5. The van der Waals surface area contributed by atoms with Crippen molar-refractivity contribution in [2.75, 3.05) is 31.5 Å². The molecule has 2 aliphatic rings. The summed E-state index contributed by atoms with van der Waals surface area (Å²) in [7, 11) is 0. The molecule has 1 N–H and O–H groups in total. The summed E-state index contributed by atoms with van der Waals surface area (Å²) in [6.45, 7) is 4.11. The Labute approximate surface area is 181 Å². The van der Waals surface area contributed by atoms with Crippen LogP contribution < -0.4 is 5.32 Å². The van der Waals surface area contributed by atoms with Gasteiger partial charge in [0, 0.05) is 42.9 Å². The molecule has 1 aliphatic carbocycles. The summed E-state index contributed by atoms with van der Waals surface area (Å²) in [5, 5.41) is 3.90. The zero-order valence-corrected chi connectivity index (χ0v) is 17.7. The quantitative estimate of drug-likeness (QED) is 0.689. The molecule has 158 valence electrons. The van der Waals surface area contributed by atoms with Gasteiger partial charge in [0.2, 0.25) is 0 Å². The second-order valence-corrected chi connectivity index (χ2v) is 8.36. The SMILES string of the molecule is Cc1cccc(NC(=O)N2CCN(C(=O)c3c4c(nc5ccccc35)CCC4)CC2)c1. The number of pyridine rings is 1. The molecule has 1 fully saturated rings. The number of urea groups is 1. The van der Waals surface area contributed by atoms with Crippen LogP contribution >= 0.6 is 0 Å². The molecule has 0 radical (unpaired) electrons. The zero-order chi connectivity index (χ0) is 21.4. The molecule has 0 saturated carbocycles. The number of carbonyl (C=O) groups is 2. The number of rotatable bonds is 2. The maximum Gasteiger partial charge on any atom is 0.321 e. The van der Waals surface area contributed by atoms with Crippen LogP contribution in [-0.4, -0.2) is 52.9 Å². The van der Waals surface area contributed by atoms with Crippen LogP contribution in [0.1, 0.15) is 33.6 Å². The minimum atomic E-state index is -0.118. The third kappa shape index (κ3) is 3.74. The number of nitrogens with one attached hydrogen (secondary N) is 1. The third-order valence-electron chi connectivity index (χ3n) is 6.26. The average Bonchev–Trinajstić information content (AvgIpc) is 3.25. The maximum atomic E-state index is 13.6. The number of carbonyl (C=O) groups excluding carboxylic acids is 2. The van der Waals surface area contributed by atoms with Crippen molar-refractivity contribution >= 4 is 28.5 Å². The van der Waals surface area contributed by atoms with Gasteiger partial charge in [-0.25, -0.2) is 4.79 Å². The summed E-state index contributed by atoms with van der Waals surface area (Å²) in [5.74, 6) is 0.0653. The second kappa shape index (κ2) is 8.02. The Morgan fingerprint density at radius 2 is 1.71 bits per heavy atom. The molecule has 1 saturated heterocycles. The molecule has 0 atom stereocenters. The fourth-order valence-corrected chi connectivity index (χ4v) is 4.65. The van der Waals surface area contributed by atoms with E-state index in [-0.39, 0.29) is 11.9 Å². The summed E-state index contributed by atoms with van der Waals surface area (Å²) in [5.41, 5.74) is 5.78. The molecule has 2 heterocycles. The van der Waals surface area contributed by atoms with Crippen LogP contribution in [0.3, 0.4) is 0 Å². The Morgan fingerprint density at radius 3 is 2.52 bits per heavy atom. The smallest absolute Gasteiger partial charge is 0.321 e. The van der Waals surface area contributed by atoms with Crippen molar-refractivity contribution in [3.8, 4) is 0 Å². The third-order valence-corrected chi connectivity index (χ3v) is 6.26. The fourth-order valence-electron chi connectivity index (χ4n) is 4.65. The van der Waals surface area contributed by atoms with Gasteiger partial charge < -0.3 is 15.1 Å². The van der Waals surface area contributed by atoms with Crippen molar-refractivity contribution in [3.63, 3.8) is 0 Å². The van der Waals surface area contributed by atoms with Gasteiger partial charge in [0.05, 0.1) is 11.1 Å². The second-order valence-electron chi connectivity index (χ2n) is 8.36. The Hall–Kier alpha value is -3.41. The summed E-state index contributed by atoms with van der Waals surface area (Å²) >= 11 is 0. The molecular weight excluding hydrogens is 388 g/mol. The van der Waals surface area contributed by atoms with Gasteiger partial charge in [0.15, 0.2) is 0 Å². The van der Waals surface area contributed by atoms with Crippen LogP contribution in [0.4, 0.5) is 10.5 Å². The molecule has 0 bridgehead atoms. The topological polar surface area (TPSA) is 65.5 Å². The van der Waals surface area contributed by atoms with E-state index in [1.54, 1.807) is 4.90 Å². The first-order valence-electron chi connectivity index (χ1n) is 10.9. The highest BCUT2D eigenvalue weighted by Crippen LogP contribution is 2.31. The van der Waals surface area contributed by atoms with Crippen LogP contribution in [0.5, 0.6) is 0 Å². The normalized spacial score (nSPS) is 15.8. The molecule has 2 aromatic carbocycles. The molecule has 0 unspecified atom stereocenters. The van der Waals surface area contributed by atoms with Crippen molar-refractivity contribution in [2.24, 2.45) is 0 Å². The molecular formula is C25H26N4O2. The number of anilines is 1. The maximum absolute atomic E-state index is 13.6. The van der Waals surface area contributed by atoms with E-state index < -0.39 is 0 Å². The van der Waals surface area contributed by atoms with Gasteiger partial charge in [-0.1, -0.05) is 30.3 Å². The number of nitrogens with zero attached hydrogens (tertiary/aromatic N) is 3. The van der Waals surface area contributed by atoms with E-state index >= 15 is 0 Å². The molecule has 31 heavy (non-hydrogen) atoms. The predicted octanol–water partition coefficient (Wildman–Crippen LogP) is 4.02. The molecule has 3 amide bonds. The lowest BCUT2D eigenvalue weighted by Gasteiger charge is -2.35. The lowest BCUT2D eigenvalue weighted by Crippen LogP contribution is -2.51. The highest BCUT2D eigenvalue weighted by atomic mass is 16.2. The monoisotopic (exact) mass is 414 g/mol. The predicted molar refractivity (Wildman–Crippen MR) is 121 cm³/mol. The highest BCUT2D eigenvalue weighted by molar-refractivity contribution is 6.08. The standard InChI is InChI=1S/C25H26N4O2/c1-17-6-4-7-18(16-17)26-25(31)29-14-12-28(13-15-29)24(30)23-19-8-2-3-10-21(19)27-22-11-5-9-20(22)23/h2-4,6-8,10,16H,5,9,11-15H2,1H3,(H,26,31). The number of aryl methyl sites for hydroxylation is 2. The van der Waals surface area contributed by atoms with Crippen molar-refractivity contribution in [1.82, 2.24) is 14.8 Å². The van der Waals surface area contributed by atoms with Gasteiger partial charge >= 0.3 is 6.03 Å². The van der Waals surface area contributed by atoms with Gasteiger partial charge in [-0.2, -0.15) is 0 Å². The molecule has 6 nitrogen and oxygen atoms in total. The number of piperazine rings is 1. The van der Waals surface area contributed by atoms with Crippen LogP contribution in [0.25, 0.3) is 10.9 Å². The van der Waals surface area contributed by atoms with Gasteiger partial charge in [0.25, 0.3) is 5.91 Å². The number of hydrogen-bond donors (Lipinski definition) is 1. The van der Waals surface area contributed by atoms with Gasteiger partial charge in [0.1, 0.15) is 0 Å². The average molecular weight is 415 g/mol. The number of amides is 3. The highest BCUT2D eigenvalue weighted by Gasteiger charge is 2.30. The van der Waals surface area contributed by atoms with E-state index in [0.717, 1.165) is 58.2 Å². The lowest BCUT2D eigenvalue weighted by atomic mass is 9.99. The largest absolute Gasteiger partial charge is 0.335 e. The number of fused-ring (bicyclic) bond motifs is 2. The lowest BCUT2D eigenvalue weighted by molar-refractivity contribution is 0.0672. The fraction of sp³-hybridized carbons (Fsp3) is 0.320. The number of hydrogen-bond acceptors (Lipinski definition) is 3. The van der Waals surface area contributed by atoms with Crippen molar-refractivity contribution in [2.45, 2.75) is 26.2 Å². The van der Waals surface area contributed by atoms with Crippen molar-refractivity contribution in [3.05, 3.63) is 70.9 Å². The van der Waals surface area contributed by atoms with Gasteiger partial charge in [-0.3, -0.25) is 9.78 Å².